The lowest BCUT2D eigenvalue weighted by molar-refractivity contribution is -0.157. The van der Waals surface area contributed by atoms with E-state index < -0.39 is 23.2 Å². The second-order valence-corrected chi connectivity index (χ2v) is 8.37. The fourth-order valence-corrected chi connectivity index (χ4v) is 4.31. The second-order valence-electron chi connectivity index (χ2n) is 7.12. The number of ether oxygens (including phenoxy) is 1. The summed E-state index contributed by atoms with van der Waals surface area (Å²) in [5.41, 5.74) is 1.96. The van der Waals surface area contributed by atoms with Crippen molar-refractivity contribution >= 4 is 35.2 Å². The molecule has 32 heavy (non-hydrogen) atoms. The van der Waals surface area contributed by atoms with E-state index in [-0.39, 0.29) is 18.9 Å². The van der Waals surface area contributed by atoms with E-state index in [2.05, 4.69) is 15.6 Å². The Morgan fingerprint density at radius 3 is 2.56 bits per heavy atom. The maximum Gasteiger partial charge on any atom is 0.308 e. The predicted molar refractivity (Wildman–Crippen MR) is 121 cm³/mol. The first kappa shape index (κ1) is 21.6. The number of anilines is 1. The zero-order valence-corrected chi connectivity index (χ0v) is 17.9. The van der Waals surface area contributed by atoms with Crippen molar-refractivity contribution in [2.75, 3.05) is 5.32 Å². The van der Waals surface area contributed by atoms with Gasteiger partial charge in [-0.3, -0.25) is 19.4 Å². The van der Waals surface area contributed by atoms with Gasteiger partial charge in [-0.15, -0.1) is 11.8 Å². The van der Waals surface area contributed by atoms with Crippen LogP contribution >= 0.6 is 11.8 Å². The molecule has 1 aromatic heterocycles. The van der Waals surface area contributed by atoms with Crippen molar-refractivity contribution in [1.82, 2.24) is 10.3 Å². The van der Waals surface area contributed by atoms with E-state index in [4.69, 9.17) is 4.74 Å². The number of fused-ring (bicyclic) bond motifs is 1. The highest BCUT2D eigenvalue weighted by atomic mass is 32.2. The monoisotopic (exact) mass is 447 g/mol. The lowest BCUT2D eigenvalue weighted by Crippen LogP contribution is -2.35. The Labute approximate surface area is 189 Å². The number of benzene rings is 2. The number of amides is 2. The Morgan fingerprint density at radius 2 is 1.78 bits per heavy atom. The minimum Gasteiger partial charge on any atom is -0.446 e. The average molecular weight is 448 g/mol. The molecule has 2 atom stereocenters. The second kappa shape index (κ2) is 10.1. The fraction of sp³-hybridized carbons (Fsp3) is 0.167. The Hall–Kier alpha value is -3.65. The number of carbonyl (C=O) groups is 3. The molecule has 0 bridgehead atoms. The van der Waals surface area contributed by atoms with Crippen molar-refractivity contribution in [2.45, 2.75) is 29.2 Å². The number of aromatic nitrogens is 1. The number of rotatable bonds is 7. The number of para-hydroxylation sites is 1. The topological polar surface area (TPSA) is 97.4 Å². The van der Waals surface area contributed by atoms with Gasteiger partial charge in [0.2, 0.25) is 12.0 Å². The fourth-order valence-electron chi connectivity index (χ4n) is 3.21. The zero-order valence-electron chi connectivity index (χ0n) is 17.1. The quantitative estimate of drug-likeness (QED) is 0.538. The van der Waals surface area contributed by atoms with Crippen LogP contribution < -0.4 is 10.6 Å². The predicted octanol–water partition coefficient (Wildman–Crippen LogP) is 3.49. The molecule has 0 spiro atoms. The van der Waals surface area contributed by atoms with Crippen molar-refractivity contribution in [2.24, 2.45) is 0 Å². The van der Waals surface area contributed by atoms with Crippen LogP contribution in [0.1, 0.15) is 23.8 Å². The van der Waals surface area contributed by atoms with Crippen LogP contribution in [0.15, 0.2) is 83.9 Å². The molecule has 4 rings (SSSR count). The molecular formula is C24H21N3O4S. The Balaban J connectivity index is 1.43. The van der Waals surface area contributed by atoms with Crippen LogP contribution in [0.3, 0.4) is 0 Å². The smallest absolute Gasteiger partial charge is 0.308 e. The van der Waals surface area contributed by atoms with Crippen LogP contribution in [0.5, 0.6) is 0 Å². The van der Waals surface area contributed by atoms with Gasteiger partial charge in [-0.05, 0) is 29.8 Å². The largest absolute Gasteiger partial charge is 0.446 e. The van der Waals surface area contributed by atoms with E-state index in [9.17, 15) is 14.4 Å². The first-order valence-corrected chi connectivity index (χ1v) is 11.0. The minimum absolute atomic E-state index is 0.167. The maximum absolute atomic E-state index is 12.9. The summed E-state index contributed by atoms with van der Waals surface area (Å²) >= 11 is 1.30. The van der Waals surface area contributed by atoms with Crippen molar-refractivity contribution in [3.8, 4) is 0 Å². The molecule has 0 saturated heterocycles. The normalized spacial score (nSPS) is 15.8. The van der Waals surface area contributed by atoms with Crippen molar-refractivity contribution < 1.29 is 19.1 Å². The third kappa shape index (κ3) is 5.33. The third-order valence-electron chi connectivity index (χ3n) is 4.81. The number of hydrogen-bond donors (Lipinski definition) is 2. The highest BCUT2D eigenvalue weighted by molar-refractivity contribution is 8.01. The summed E-state index contributed by atoms with van der Waals surface area (Å²) in [6.45, 7) is 0.290. The van der Waals surface area contributed by atoms with Crippen LogP contribution in [0, 0.1) is 0 Å². The van der Waals surface area contributed by atoms with Crippen LogP contribution in [0.4, 0.5) is 5.69 Å². The Morgan fingerprint density at radius 1 is 1.03 bits per heavy atom. The summed E-state index contributed by atoms with van der Waals surface area (Å²) in [5, 5.41) is 4.95. The summed E-state index contributed by atoms with van der Waals surface area (Å²) in [6.07, 6.45) is 0.152. The standard InChI is InChI=1S/C24H21N3O4S/c28-21(14-20-23(29)27-17-10-4-5-12-19(17)32-20)31-22(18-11-6-7-13-25-18)24(30)26-15-16-8-2-1-3-9-16/h1-13,20,22H,14-15H2,(H,26,30)(H,27,29)/t20-,22+/m1/s1. The minimum atomic E-state index is -1.21. The van der Waals surface area contributed by atoms with Gasteiger partial charge in [0.15, 0.2) is 0 Å². The molecule has 2 amide bonds. The van der Waals surface area contributed by atoms with Crippen LogP contribution in [0.25, 0.3) is 0 Å². The molecule has 0 aliphatic carbocycles. The molecule has 2 aromatic carbocycles. The molecule has 1 aliphatic heterocycles. The van der Waals surface area contributed by atoms with E-state index in [0.29, 0.717) is 5.69 Å². The van der Waals surface area contributed by atoms with Gasteiger partial charge in [-0.1, -0.05) is 48.5 Å². The molecule has 0 saturated carbocycles. The lowest BCUT2D eigenvalue weighted by Gasteiger charge is -2.24. The van der Waals surface area contributed by atoms with Gasteiger partial charge in [0, 0.05) is 17.6 Å². The van der Waals surface area contributed by atoms with E-state index in [1.807, 2.05) is 54.6 Å². The molecule has 2 heterocycles. The van der Waals surface area contributed by atoms with Crippen LogP contribution in [0.2, 0.25) is 0 Å². The van der Waals surface area contributed by atoms with Crippen LogP contribution in [-0.2, 0) is 25.7 Å². The summed E-state index contributed by atoms with van der Waals surface area (Å²) in [5.74, 6) is -1.40. The molecule has 8 heteroatoms. The Bertz CT molecular complexity index is 1110. The lowest BCUT2D eigenvalue weighted by atomic mass is 10.2. The van der Waals surface area contributed by atoms with E-state index in [1.54, 1.807) is 18.2 Å². The van der Waals surface area contributed by atoms with Gasteiger partial charge in [-0.2, -0.15) is 0 Å². The number of carbonyl (C=O) groups excluding carboxylic acids is 3. The van der Waals surface area contributed by atoms with Crippen LogP contribution in [-0.4, -0.2) is 28.0 Å². The number of pyridine rings is 1. The summed E-state index contributed by atoms with van der Waals surface area (Å²) in [7, 11) is 0. The number of nitrogens with zero attached hydrogens (tertiary/aromatic N) is 1. The first-order valence-electron chi connectivity index (χ1n) is 10.1. The molecule has 0 unspecified atom stereocenters. The number of thioether (sulfide) groups is 1. The van der Waals surface area contributed by atoms with Crippen molar-refractivity contribution in [1.29, 1.82) is 0 Å². The Kier molecular flexibility index (Phi) is 6.81. The first-order chi connectivity index (χ1) is 15.6. The van der Waals surface area contributed by atoms with E-state index in [0.717, 1.165) is 16.1 Å². The van der Waals surface area contributed by atoms with Gasteiger partial charge < -0.3 is 15.4 Å². The summed E-state index contributed by atoms with van der Waals surface area (Å²) in [6, 6.07) is 21.9. The third-order valence-corrected chi connectivity index (χ3v) is 6.09. The zero-order chi connectivity index (χ0) is 22.3. The van der Waals surface area contributed by atoms with Crippen molar-refractivity contribution in [3.05, 3.63) is 90.3 Å². The average Bonchev–Trinajstić information content (AvgIpc) is 2.82. The SMILES string of the molecule is O=C(C[C@H]1Sc2ccccc2NC1=O)O[C@H](C(=O)NCc1ccccc1)c1ccccn1. The number of hydrogen-bond acceptors (Lipinski definition) is 6. The molecule has 162 valence electrons. The van der Waals surface area contributed by atoms with E-state index in [1.165, 1.54) is 18.0 Å². The van der Waals surface area contributed by atoms with E-state index >= 15 is 0 Å². The van der Waals surface area contributed by atoms with Gasteiger partial charge in [0.1, 0.15) is 0 Å². The number of esters is 1. The molecule has 7 nitrogen and oxygen atoms in total. The molecule has 0 radical (unpaired) electrons. The molecule has 0 fully saturated rings. The molecule has 1 aliphatic rings. The van der Waals surface area contributed by atoms with Gasteiger partial charge in [0.25, 0.3) is 5.91 Å². The van der Waals surface area contributed by atoms with Gasteiger partial charge in [-0.25, -0.2) is 0 Å². The highest BCUT2D eigenvalue weighted by Crippen LogP contribution is 2.37. The summed E-state index contributed by atoms with van der Waals surface area (Å²) < 4.78 is 5.52. The highest BCUT2D eigenvalue weighted by Gasteiger charge is 2.32. The van der Waals surface area contributed by atoms with Gasteiger partial charge >= 0.3 is 5.97 Å². The molecule has 2 N–H and O–H groups in total. The maximum atomic E-state index is 12.9. The summed E-state index contributed by atoms with van der Waals surface area (Å²) in [4.78, 5) is 43.0. The molecular weight excluding hydrogens is 426 g/mol. The van der Waals surface area contributed by atoms with Crippen molar-refractivity contribution in [3.63, 3.8) is 0 Å². The number of nitrogens with one attached hydrogen (secondary N) is 2. The molecule has 3 aromatic rings. The van der Waals surface area contributed by atoms with Gasteiger partial charge in [0.05, 0.1) is 23.1 Å².